The van der Waals surface area contributed by atoms with Gasteiger partial charge in [0.1, 0.15) is 0 Å². The molecule has 2 heterocycles. The summed E-state index contributed by atoms with van der Waals surface area (Å²) in [6.45, 7) is 2.58. The number of aliphatic carboxylic acids is 1. The molecule has 2 aromatic heterocycles. The lowest BCUT2D eigenvalue weighted by molar-refractivity contribution is -0.131. The molecule has 1 amide bonds. The number of carboxylic acids is 1. The zero-order valence-corrected chi connectivity index (χ0v) is 13.1. The van der Waals surface area contributed by atoms with Crippen molar-refractivity contribution in [2.75, 3.05) is 0 Å². The largest absolute Gasteiger partial charge is 0.478 e. The van der Waals surface area contributed by atoms with Gasteiger partial charge in [-0.3, -0.25) is 4.79 Å². The van der Waals surface area contributed by atoms with Gasteiger partial charge in [-0.1, -0.05) is 6.92 Å². The molecule has 0 saturated carbocycles. The molecule has 0 fully saturated rings. The summed E-state index contributed by atoms with van der Waals surface area (Å²) in [5.74, 6) is -1.20. The first kappa shape index (κ1) is 15.5. The Balaban J connectivity index is 2.04. The van der Waals surface area contributed by atoms with E-state index in [0.29, 0.717) is 17.0 Å². The molecule has 0 atom stereocenters. The predicted octanol–water partition coefficient (Wildman–Crippen LogP) is 3.40. The van der Waals surface area contributed by atoms with Crippen LogP contribution >= 0.6 is 22.7 Å². The molecule has 0 radical (unpaired) electrons. The molecule has 0 aliphatic heterocycles. The van der Waals surface area contributed by atoms with Crippen molar-refractivity contribution in [2.45, 2.75) is 19.9 Å². The van der Waals surface area contributed by atoms with Crippen molar-refractivity contribution >= 4 is 40.6 Å². The summed E-state index contributed by atoms with van der Waals surface area (Å²) in [4.78, 5) is 24.4. The second-order valence-electron chi connectivity index (χ2n) is 4.28. The van der Waals surface area contributed by atoms with Gasteiger partial charge in [-0.2, -0.15) is 0 Å². The number of carboxylic acid groups (broad SMARTS) is 1. The highest BCUT2D eigenvalue weighted by Crippen LogP contribution is 2.20. The molecule has 0 bridgehead atoms. The Morgan fingerprint density at radius 2 is 2.05 bits per heavy atom. The summed E-state index contributed by atoms with van der Waals surface area (Å²) in [5, 5.41) is 15.3. The molecular formula is C15H15NO3S2. The molecule has 0 saturated heterocycles. The van der Waals surface area contributed by atoms with Crippen LogP contribution in [0.15, 0.2) is 29.0 Å². The summed E-state index contributed by atoms with van der Waals surface area (Å²) >= 11 is 2.93. The van der Waals surface area contributed by atoms with Crippen LogP contribution in [-0.2, 0) is 17.8 Å². The Kier molecular flexibility index (Phi) is 5.30. The number of hydrogen-bond acceptors (Lipinski definition) is 4. The number of hydrogen-bond donors (Lipinski definition) is 2. The molecule has 21 heavy (non-hydrogen) atoms. The molecule has 2 N–H and O–H groups in total. The number of carbonyl (C=O) groups excluding carboxylic acids is 1. The second kappa shape index (κ2) is 7.19. The van der Waals surface area contributed by atoms with Crippen molar-refractivity contribution in [1.82, 2.24) is 5.32 Å². The van der Waals surface area contributed by atoms with Gasteiger partial charge in [-0.05, 0) is 46.5 Å². The van der Waals surface area contributed by atoms with E-state index in [4.69, 9.17) is 5.11 Å². The van der Waals surface area contributed by atoms with Gasteiger partial charge in [0.15, 0.2) is 0 Å². The molecule has 0 aromatic carbocycles. The third kappa shape index (κ3) is 4.03. The number of rotatable bonds is 6. The summed E-state index contributed by atoms with van der Waals surface area (Å²) in [6.07, 6.45) is 3.42. The predicted molar refractivity (Wildman–Crippen MR) is 85.9 cm³/mol. The topological polar surface area (TPSA) is 66.4 Å². The summed E-state index contributed by atoms with van der Waals surface area (Å²) in [7, 11) is 0. The maximum Gasteiger partial charge on any atom is 0.328 e. The molecule has 2 rings (SSSR count). The van der Waals surface area contributed by atoms with Crippen LogP contribution in [0.2, 0.25) is 0 Å². The highest BCUT2D eigenvalue weighted by molar-refractivity contribution is 7.12. The van der Waals surface area contributed by atoms with Gasteiger partial charge >= 0.3 is 5.97 Å². The van der Waals surface area contributed by atoms with Crippen molar-refractivity contribution in [3.8, 4) is 0 Å². The Morgan fingerprint density at radius 1 is 1.29 bits per heavy atom. The Bertz CT molecular complexity index is 670. The van der Waals surface area contributed by atoms with Crippen LogP contribution in [0.4, 0.5) is 0 Å². The van der Waals surface area contributed by atoms with Crippen LogP contribution in [0.1, 0.15) is 32.6 Å². The second-order valence-corrected chi connectivity index (χ2v) is 6.20. The number of nitrogens with one attached hydrogen (secondary N) is 1. The van der Waals surface area contributed by atoms with Crippen LogP contribution in [0.25, 0.3) is 6.08 Å². The molecule has 0 aliphatic carbocycles. The average Bonchev–Trinajstić information content (AvgIpc) is 3.10. The molecule has 0 unspecified atom stereocenters. The number of carbonyl (C=O) groups is 2. The Hall–Kier alpha value is -1.92. The first-order valence-corrected chi connectivity index (χ1v) is 8.19. The molecule has 0 spiro atoms. The van der Waals surface area contributed by atoms with Crippen LogP contribution in [0, 0.1) is 0 Å². The maximum atomic E-state index is 12.2. The minimum absolute atomic E-state index is 0.175. The number of amides is 1. The minimum atomic E-state index is -1.03. The standard InChI is InChI=1S/C15H15NO3S2/c1-2-10-5-7-20-12(10)9-16-15(19)14-11(6-8-21-14)3-4-13(17)18/h3-8H,2,9H2,1H3,(H,16,19)(H,17,18)/b4-3+. The molecule has 4 nitrogen and oxygen atoms in total. The van der Waals surface area contributed by atoms with E-state index < -0.39 is 5.97 Å². The van der Waals surface area contributed by atoms with E-state index in [0.717, 1.165) is 17.4 Å². The maximum absolute atomic E-state index is 12.2. The zero-order chi connectivity index (χ0) is 15.2. The van der Waals surface area contributed by atoms with Crippen molar-refractivity contribution in [1.29, 1.82) is 0 Å². The van der Waals surface area contributed by atoms with Gasteiger partial charge in [-0.25, -0.2) is 4.79 Å². The van der Waals surface area contributed by atoms with Crippen LogP contribution in [0.5, 0.6) is 0 Å². The lowest BCUT2D eigenvalue weighted by Gasteiger charge is -2.05. The summed E-state index contributed by atoms with van der Waals surface area (Å²) in [6, 6.07) is 3.81. The van der Waals surface area contributed by atoms with Crippen LogP contribution in [0.3, 0.4) is 0 Å². The molecule has 6 heteroatoms. The van der Waals surface area contributed by atoms with E-state index in [1.54, 1.807) is 22.8 Å². The average molecular weight is 321 g/mol. The monoisotopic (exact) mass is 321 g/mol. The van der Waals surface area contributed by atoms with E-state index in [-0.39, 0.29) is 5.91 Å². The fourth-order valence-electron chi connectivity index (χ4n) is 1.87. The fraction of sp³-hybridized carbons (Fsp3) is 0.200. The lowest BCUT2D eigenvalue weighted by Crippen LogP contribution is -2.22. The SMILES string of the molecule is CCc1ccsc1CNC(=O)c1sccc1/C=C/C(=O)O. The highest BCUT2D eigenvalue weighted by Gasteiger charge is 2.12. The third-order valence-electron chi connectivity index (χ3n) is 2.94. The van der Waals surface area contributed by atoms with E-state index in [2.05, 4.69) is 18.3 Å². The van der Waals surface area contributed by atoms with Crippen molar-refractivity contribution in [3.05, 3.63) is 49.9 Å². The first-order chi connectivity index (χ1) is 10.1. The normalized spacial score (nSPS) is 10.9. The number of aryl methyl sites for hydroxylation is 1. The van der Waals surface area contributed by atoms with Gasteiger partial charge in [0.2, 0.25) is 0 Å². The van der Waals surface area contributed by atoms with Crippen molar-refractivity contribution in [2.24, 2.45) is 0 Å². The smallest absolute Gasteiger partial charge is 0.328 e. The fourth-order valence-corrected chi connectivity index (χ4v) is 3.59. The van der Waals surface area contributed by atoms with E-state index >= 15 is 0 Å². The van der Waals surface area contributed by atoms with Gasteiger partial charge in [0.05, 0.1) is 11.4 Å². The molecule has 2 aromatic rings. The van der Waals surface area contributed by atoms with E-state index in [1.165, 1.54) is 23.0 Å². The highest BCUT2D eigenvalue weighted by atomic mass is 32.1. The molecule has 110 valence electrons. The van der Waals surface area contributed by atoms with Crippen molar-refractivity contribution in [3.63, 3.8) is 0 Å². The molecule has 0 aliphatic rings. The lowest BCUT2D eigenvalue weighted by atomic mass is 10.2. The van der Waals surface area contributed by atoms with Crippen LogP contribution < -0.4 is 5.32 Å². The van der Waals surface area contributed by atoms with Gasteiger partial charge in [-0.15, -0.1) is 22.7 Å². The summed E-state index contributed by atoms with van der Waals surface area (Å²) in [5.41, 5.74) is 1.87. The van der Waals surface area contributed by atoms with Crippen LogP contribution in [-0.4, -0.2) is 17.0 Å². The van der Waals surface area contributed by atoms with Gasteiger partial charge < -0.3 is 10.4 Å². The molecular weight excluding hydrogens is 306 g/mol. The Labute approximate surface area is 130 Å². The summed E-state index contributed by atoms with van der Waals surface area (Å²) < 4.78 is 0. The zero-order valence-electron chi connectivity index (χ0n) is 11.5. The third-order valence-corrected chi connectivity index (χ3v) is 4.83. The van der Waals surface area contributed by atoms with E-state index in [1.807, 2.05) is 5.38 Å². The van der Waals surface area contributed by atoms with E-state index in [9.17, 15) is 9.59 Å². The van der Waals surface area contributed by atoms with Crippen molar-refractivity contribution < 1.29 is 14.7 Å². The van der Waals surface area contributed by atoms with Gasteiger partial charge in [0, 0.05) is 11.0 Å². The number of thiophene rings is 2. The first-order valence-electron chi connectivity index (χ1n) is 6.43. The Morgan fingerprint density at radius 3 is 2.76 bits per heavy atom. The van der Waals surface area contributed by atoms with Gasteiger partial charge in [0.25, 0.3) is 5.91 Å². The quantitative estimate of drug-likeness (QED) is 0.801. The minimum Gasteiger partial charge on any atom is -0.478 e.